The van der Waals surface area contributed by atoms with Crippen LogP contribution in [0.4, 0.5) is 4.79 Å². The van der Waals surface area contributed by atoms with Crippen LogP contribution in [-0.2, 0) is 28.9 Å². The van der Waals surface area contributed by atoms with Gasteiger partial charge < -0.3 is 19.3 Å². The van der Waals surface area contributed by atoms with Crippen molar-refractivity contribution in [2.75, 3.05) is 13.4 Å². The van der Waals surface area contributed by atoms with Crippen LogP contribution < -0.4 is 0 Å². The summed E-state index contributed by atoms with van der Waals surface area (Å²) < 4.78 is 24.2. The van der Waals surface area contributed by atoms with E-state index < -0.39 is 26.3 Å². The Morgan fingerprint density at radius 1 is 1.06 bits per heavy atom. The predicted molar refractivity (Wildman–Crippen MR) is 113 cm³/mol. The Balaban J connectivity index is 1.78. The van der Waals surface area contributed by atoms with E-state index in [2.05, 4.69) is 14.4 Å². The molecule has 11 heteroatoms. The minimum atomic E-state index is -4.76. The third-order valence-electron chi connectivity index (χ3n) is 4.94. The second-order valence-electron chi connectivity index (χ2n) is 7.05. The molecule has 1 atom stereocenters. The van der Waals surface area contributed by atoms with Crippen molar-refractivity contribution in [1.29, 1.82) is 0 Å². The number of benzene rings is 2. The maximum Gasteiger partial charge on any atom is 0.510 e. The lowest BCUT2D eigenvalue weighted by atomic mass is 9.81. The molecule has 0 saturated carbocycles. The van der Waals surface area contributed by atoms with Crippen LogP contribution >= 0.6 is 7.82 Å². The van der Waals surface area contributed by atoms with Crippen molar-refractivity contribution in [1.82, 2.24) is 5.01 Å². The number of nitrogens with zero attached hydrogens (tertiary/aromatic N) is 2. The smallest absolute Gasteiger partial charge is 0.434 e. The van der Waals surface area contributed by atoms with Crippen LogP contribution in [0.5, 0.6) is 0 Å². The van der Waals surface area contributed by atoms with Crippen LogP contribution in [0.25, 0.3) is 0 Å². The van der Waals surface area contributed by atoms with Gasteiger partial charge in [0.1, 0.15) is 5.54 Å². The molecule has 2 N–H and O–H groups in total. The molecule has 170 valence electrons. The first-order chi connectivity index (χ1) is 15.2. The molecule has 1 heterocycles. The summed E-state index contributed by atoms with van der Waals surface area (Å²) in [7, 11) is -4.76. The highest BCUT2D eigenvalue weighted by molar-refractivity contribution is 7.46. The summed E-state index contributed by atoms with van der Waals surface area (Å²) in [6.45, 7) is 0.336. The number of hydrazone groups is 1. The van der Waals surface area contributed by atoms with Crippen LogP contribution in [-0.4, -0.2) is 46.0 Å². The van der Waals surface area contributed by atoms with E-state index in [-0.39, 0.29) is 18.9 Å². The van der Waals surface area contributed by atoms with Crippen LogP contribution in [0.2, 0.25) is 0 Å². The van der Waals surface area contributed by atoms with Gasteiger partial charge in [0.15, 0.2) is 0 Å². The van der Waals surface area contributed by atoms with Gasteiger partial charge in [0.2, 0.25) is 12.7 Å². The van der Waals surface area contributed by atoms with E-state index in [9.17, 15) is 14.2 Å². The summed E-state index contributed by atoms with van der Waals surface area (Å²) in [4.78, 5) is 41.5. The molecular weight excluding hydrogens is 439 g/mol. The fourth-order valence-electron chi connectivity index (χ4n) is 3.57. The fraction of sp³-hybridized carbons (Fsp3) is 0.286. The van der Waals surface area contributed by atoms with Crippen molar-refractivity contribution >= 4 is 25.6 Å². The van der Waals surface area contributed by atoms with Gasteiger partial charge >= 0.3 is 14.0 Å². The summed E-state index contributed by atoms with van der Waals surface area (Å²) in [6.07, 6.45) is -0.538. The second kappa shape index (κ2) is 10.1. The Hall–Kier alpha value is -3.04. The predicted octanol–water partition coefficient (Wildman–Crippen LogP) is 3.15. The molecule has 0 aromatic heterocycles. The zero-order valence-electron chi connectivity index (χ0n) is 17.3. The normalized spacial score (nSPS) is 18.2. The van der Waals surface area contributed by atoms with Crippen LogP contribution in [0.15, 0.2) is 65.8 Å². The number of phosphoric ester groups is 1. The van der Waals surface area contributed by atoms with Crippen LogP contribution in [0, 0.1) is 0 Å². The molecule has 0 spiro atoms. The molecule has 0 radical (unpaired) electrons. The van der Waals surface area contributed by atoms with Gasteiger partial charge in [-0.05, 0) is 11.1 Å². The van der Waals surface area contributed by atoms with Gasteiger partial charge in [-0.25, -0.2) is 18.9 Å². The van der Waals surface area contributed by atoms with Gasteiger partial charge in [0.25, 0.3) is 0 Å². The Morgan fingerprint density at radius 3 is 2.28 bits per heavy atom. The lowest BCUT2D eigenvalue weighted by molar-refractivity contribution is -0.135. The number of carbonyl (C=O) groups is 2. The molecule has 1 unspecified atom stereocenters. The average molecular weight is 462 g/mol. The Labute approximate surface area is 184 Å². The van der Waals surface area contributed by atoms with Crippen molar-refractivity contribution in [2.24, 2.45) is 5.10 Å². The zero-order valence-corrected chi connectivity index (χ0v) is 18.2. The quantitative estimate of drug-likeness (QED) is 0.347. The number of rotatable bonds is 8. The van der Waals surface area contributed by atoms with E-state index >= 15 is 0 Å². The van der Waals surface area contributed by atoms with Crippen molar-refractivity contribution in [2.45, 2.75) is 25.3 Å². The number of hydrogen-bond donors (Lipinski definition) is 2. The van der Waals surface area contributed by atoms with E-state index in [0.717, 1.165) is 16.8 Å². The summed E-state index contributed by atoms with van der Waals surface area (Å²) in [5, 5.41) is 6.00. The van der Waals surface area contributed by atoms with Gasteiger partial charge in [0.05, 0.1) is 12.3 Å². The van der Waals surface area contributed by atoms with E-state index in [1.54, 1.807) is 0 Å². The lowest BCUT2D eigenvalue weighted by Gasteiger charge is -2.36. The SMILES string of the molecule is CC(=O)N1N=C(c2ccccc2)CC1(CCOC(=O)OCOP(=O)(O)O)c1ccccc1. The van der Waals surface area contributed by atoms with Gasteiger partial charge in [-0.3, -0.25) is 4.79 Å². The van der Waals surface area contributed by atoms with Crippen molar-refractivity contribution in [3.8, 4) is 0 Å². The molecular formula is C21H23N2O8P. The molecule has 32 heavy (non-hydrogen) atoms. The molecule has 1 aliphatic rings. The number of carbonyl (C=O) groups excluding carboxylic acids is 2. The molecule has 1 amide bonds. The highest BCUT2D eigenvalue weighted by atomic mass is 31.2. The van der Waals surface area contributed by atoms with E-state index in [0.29, 0.717) is 6.42 Å². The Kier molecular flexibility index (Phi) is 7.42. The maximum atomic E-state index is 12.5. The molecule has 10 nitrogen and oxygen atoms in total. The van der Waals surface area contributed by atoms with Gasteiger partial charge in [-0.15, -0.1) is 0 Å². The second-order valence-corrected chi connectivity index (χ2v) is 8.29. The topological polar surface area (TPSA) is 135 Å². The largest absolute Gasteiger partial charge is 0.510 e. The molecule has 0 saturated heterocycles. The monoisotopic (exact) mass is 462 g/mol. The minimum Gasteiger partial charge on any atom is -0.434 e. The molecule has 3 rings (SSSR count). The van der Waals surface area contributed by atoms with Gasteiger partial charge in [0, 0.05) is 19.8 Å². The van der Waals surface area contributed by atoms with Crippen molar-refractivity contribution < 1.29 is 37.9 Å². The Morgan fingerprint density at radius 2 is 1.69 bits per heavy atom. The third-order valence-corrected chi connectivity index (χ3v) is 5.38. The molecule has 1 aliphatic heterocycles. The summed E-state index contributed by atoms with van der Waals surface area (Å²) in [5.74, 6) is -0.266. The first-order valence-corrected chi connectivity index (χ1v) is 11.2. The van der Waals surface area contributed by atoms with Crippen LogP contribution in [0.3, 0.4) is 0 Å². The van der Waals surface area contributed by atoms with Gasteiger partial charge in [-0.2, -0.15) is 5.10 Å². The Bertz CT molecular complexity index is 1020. The molecule has 2 aromatic rings. The first kappa shape index (κ1) is 23.6. The summed E-state index contributed by atoms with van der Waals surface area (Å²) in [6, 6.07) is 18.8. The van der Waals surface area contributed by atoms with E-state index in [1.165, 1.54) is 11.9 Å². The molecule has 2 aromatic carbocycles. The lowest BCUT2D eigenvalue weighted by Crippen LogP contribution is -2.43. The minimum absolute atomic E-state index is 0.134. The maximum absolute atomic E-state index is 12.5. The fourth-order valence-corrected chi connectivity index (χ4v) is 3.76. The highest BCUT2D eigenvalue weighted by Gasteiger charge is 2.46. The van der Waals surface area contributed by atoms with E-state index in [1.807, 2.05) is 60.7 Å². The number of amides is 1. The number of phosphoric acid groups is 1. The molecule has 0 fully saturated rings. The zero-order chi connectivity index (χ0) is 23.2. The summed E-state index contributed by atoms with van der Waals surface area (Å²) in [5.41, 5.74) is 1.54. The average Bonchev–Trinajstić information content (AvgIpc) is 3.15. The van der Waals surface area contributed by atoms with Crippen molar-refractivity contribution in [3.63, 3.8) is 0 Å². The summed E-state index contributed by atoms with van der Waals surface area (Å²) >= 11 is 0. The molecule has 0 aliphatic carbocycles. The number of ether oxygens (including phenoxy) is 2. The van der Waals surface area contributed by atoms with Gasteiger partial charge in [-0.1, -0.05) is 60.7 Å². The van der Waals surface area contributed by atoms with E-state index in [4.69, 9.17) is 14.5 Å². The number of hydrogen-bond acceptors (Lipinski definition) is 7. The van der Waals surface area contributed by atoms with Crippen molar-refractivity contribution in [3.05, 3.63) is 71.8 Å². The highest BCUT2D eigenvalue weighted by Crippen LogP contribution is 2.42. The first-order valence-electron chi connectivity index (χ1n) is 9.70. The molecule has 0 bridgehead atoms. The standard InChI is InChI=1S/C21H23N2O8P/c1-16(24)23-21(18-10-6-3-7-11-18,14-19(22-23)17-8-4-2-5-9-17)12-13-29-20(25)30-15-31-32(26,27)28/h2-11H,12-15H2,1H3,(H2,26,27,28). The third kappa shape index (κ3) is 5.80. The van der Waals surface area contributed by atoms with Crippen LogP contribution in [0.1, 0.15) is 30.9 Å².